The van der Waals surface area contributed by atoms with Gasteiger partial charge in [-0.15, -0.1) is 0 Å². The van der Waals surface area contributed by atoms with Crippen molar-refractivity contribution in [1.29, 1.82) is 0 Å². The molecular weight excluding hydrogens is 304 g/mol. The molecule has 1 aliphatic rings. The van der Waals surface area contributed by atoms with Crippen LogP contribution in [0.4, 0.5) is 0 Å². The second kappa shape index (κ2) is 10.7. The van der Waals surface area contributed by atoms with Crippen molar-refractivity contribution in [2.24, 2.45) is 4.99 Å². The number of amidine groups is 1. The summed E-state index contributed by atoms with van der Waals surface area (Å²) in [5.74, 6) is -0.250. The average molecular weight is 341 g/mol. The third-order valence-corrected chi connectivity index (χ3v) is 5.02. The standard InChI is InChI=1S/C19H36N2O3/c1-4-5-6-7-8-9-10-11-12-13-14-19(18(23)24)15-21(17(3)22)16(2)20-19/h17,22H,4-15H2,1-3H3,(H,23,24). The number of aliphatic carboxylic acids is 1. The van der Waals surface area contributed by atoms with Gasteiger partial charge in [-0.3, -0.25) is 4.99 Å². The lowest BCUT2D eigenvalue weighted by Crippen LogP contribution is -2.45. The zero-order valence-electron chi connectivity index (χ0n) is 15.8. The van der Waals surface area contributed by atoms with Crippen LogP contribution in [0.25, 0.3) is 0 Å². The zero-order valence-corrected chi connectivity index (χ0v) is 15.8. The van der Waals surface area contributed by atoms with Gasteiger partial charge in [0, 0.05) is 0 Å². The Balaban J connectivity index is 2.24. The highest BCUT2D eigenvalue weighted by atomic mass is 16.4. The van der Waals surface area contributed by atoms with E-state index in [4.69, 9.17) is 0 Å². The fraction of sp³-hybridized carbons (Fsp3) is 0.895. The van der Waals surface area contributed by atoms with Gasteiger partial charge >= 0.3 is 5.97 Å². The highest BCUT2D eigenvalue weighted by Crippen LogP contribution is 2.29. The quantitative estimate of drug-likeness (QED) is 0.493. The van der Waals surface area contributed by atoms with Gasteiger partial charge in [0.2, 0.25) is 0 Å². The van der Waals surface area contributed by atoms with E-state index in [1.807, 2.05) is 0 Å². The topological polar surface area (TPSA) is 73.1 Å². The maximum absolute atomic E-state index is 11.7. The summed E-state index contributed by atoms with van der Waals surface area (Å²) in [5, 5.41) is 19.3. The van der Waals surface area contributed by atoms with Gasteiger partial charge in [-0.1, -0.05) is 71.1 Å². The molecular formula is C19H36N2O3. The predicted octanol–water partition coefficient (Wildman–Crippen LogP) is 4.19. The fourth-order valence-corrected chi connectivity index (χ4v) is 3.47. The number of aliphatic hydroxyl groups excluding tert-OH is 1. The summed E-state index contributed by atoms with van der Waals surface area (Å²) in [6.45, 7) is 5.94. The fourth-order valence-electron chi connectivity index (χ4n) is 3.47. The first-order valence-electron chi connectivity index (χ1n) is 9.67. The summed E-state index contributed by atoms with van der Waals surface area (Å²) in [5.41, 5.74) is -1.07. The van der Waals surface area contributed by atoms with Crippen molar-refractivity contribution in [2.45, 2.75) is 103 Å². The van der Waals surface area contributed by atoms with Crippen LogP contribution in [0, 0.1) is 0 Å². The number of hydrogen-bond acceptors (Lipinski definition) is 4. The van der Waals surface area contributed by atoms with Gasteiger partial charge in [0.05, 0.1) is 12.4 Å². The van der Waals surface area contributed by atoms with Crippen LogP contribution in [0.5, 0.6) is 0 Å². The van der Waals surface area contributed by atoms with Crippen molar-refractivity contribution in [3.63, 3.8) is 0 Å². The second-order valence-electron chi connectivity index (χ2n) is 7.19. The predicted molar refractivity (Wildman–Crippen MR) is 98.3 cm³/mol. The Bertz CT molecular complexity index is 409. The van der Waals surface area contributed by atoms with Crippen LogP contribution in [-0.4, -0.2) is 45.2 Å². The van der Waals surface area contributed by atoms with Crippen LogP contribution in [0.1, 0.15) is 91.4 Å². The SMILES string of the molecule is CCCCCCCCCCCCC1(C(=O)O)CN(C(C)O)C(C)=N1. The minimum atomic E-state index is -1.07. The molecule has 0 aliphatic carbocycles. The number of hydrogen-bond donors (Lipinski definition) is 2. The number of carboxylic acid groups (broad SMARTS) is 1. The molecule has 0 aromatic heterocycles. The van der Waals surface area contributed by atoms with Crippen LogP contribution >= 0.6 is 0 Å². The third kappa shape index (κ3) is 6.42. The highest BCUT2D eigenvalue weighted by Gasteiger charge is 2.45. The first-order valence-corrected chi connectivity index (χ1v) is 9.67. The van der Waals surface area contributed by atoms with Gasteiger partial charge in [-0.05, 0) is 20.3 Å². The molecule has 0 aromatic rings. The van der Waals surface area contributed by atoms with Crippen LogP contribution in [0.3, 0.4) is 0 Å². The molecule has 2 atom stereocenters. The Morgan fingerprint density at radius 2 is 1.62 bits per heavy atom. The van der Waals surface area contributed by atoms with Crippen molar-refractivity contribution in [2.75, 3.05) is 6.54 Å². The molecule has 0 bridgehead atoms. The molecule has 5 heteroatoms. The Hall–Kier alpha value is -1.10. The van der Waals surface area contributed by atoms with Crippen LogP contribution in [-0.2, 0) is 4.79 Å². The lowest BCUT2D eigenvalue weighted by atomic mass is 9.92. The molecule has 0 spiro atoms. The lowest BCUT2D eigenvalue weighted by molar-refractivity contribution is -0.143. The number of carboxylic acids is 1. The van der Waals surface area contributed by atoms with Gasteiger partial charge in [0.1, 0.15) is 6.23 Å². The molecule has 24 heavy (non-hydrogen) atoms. The van der Waals surface area contributed by atoms with Gasteiger partial charge in [-0.2, -0.15) is 0 Å². The van der Waals surface area contributed by atoms with Crippen molar-refractivity contribution >= 4 is 11.8 Å². The minimum absolute atomic E-state index is 0.281. The maximum atomic E-state index is 11.7. The van der Waals surface area contributed by atoms with Gasteiger partial charge in [0.25, 0.3) is 0 Å². The van der Waals surface area contributed by atoms with E-state index >= 15 is 0 Å². The van der Waals surface area contributed by atoms with Crippen LogP contribution in [0.15, 0.2) is 4.99 Å². The molecule has 140 valence electrons. The van der Waals surface area contributed by atoms with Crippen molar-refractivity contribution in [3.05, 3.63) is 0 Å². The summed E-state index contributed by atoms with van der Waals surface area (Å²) in [7, 11) is 0. The largest absolute Gasteiger partial charge is 0.479 e. The molecule has 1 aliphatic heterocycles. The first-order chi connectivity index (χ1) is 11.4. The summed E-state index contributed by atoms with van der Waals surface area (Å²) in [4.78, 5) is 17.8. The highest BCUT2D eigenvalue weighted by molar-refractivity contribution is 5.90. The Morgan fingerprint density at radius 1 is 1.12 bits per heavy atom. The van der Waals surface area contributed by atoms with Crippen molar-refractivity contribution in [3.8, 4) is 0 Å². The minimum Gasteiger partial charge on any atom is -0.479 e. The van der Waals surface area contributed by atoms with E-state index < -0.39 is 17.7 Å². The Labute approximate surface area is 147 Å². The summed E-state index contributed by atoms with van der Waals surface area (Å²) in [6, 6.07) is 0. The van der Waals surface area contributed by atoms with E-state index in [1.54, 1.807) is 18.7 Å². The van der Waals surface area contributed by atoms with Gasteiger partial charge < -0.3 is 15.1 Å². The molecule has 0 amide bonds. The number of aliphatic imine (C=N–C) groups is 1. The van der Waals surface area contributed by atoms with Crippen molar-refractivity contribution < 1.29 is 15.0 Å². The van der Waals surface area contributed by atoms with Crippen molar-refractivity contribution in [1.82, 2.24) is 4.90 Å². The summed E-state index contributed by atoms with van der Waals surface area (Å²) < 4.78 is 0. The van der Waals surface area contributed by atoms with Gasteiger partial charge in [-0.25, -0.2) is 4.79 Å². The van der Waals surface area contributed by atoms with Crippen LogP contribution in [0.2, 0.25) is 0 Å². The summed E-state index contributed by atoms with van der Waals surface area (Å²) in [6.07, 6.45) is 12.2. The molecule has 2 N–H and O–H groups in total. The van der Waals surface area contributed by atoms with E-state index in [-0.39, 0.29) is 6.54 Å². The number of nitrogens with zero attached hydrogens (tertiary/aromatic N) is 2. The Morgan fingerprint density at radius 3 is 2.04 bits per heavy atom. The zero-order chi connectivity index (χ0) is 18.0. The molecule has 1 rings (SSSR count). The van der Waals surface area contributed by atoms with E-state index in [1.165, 1.54) is 51.4 Å². The molecule has 0 aromatic carbocycles. The molecule has 2 unspecified atom stereocenters. The third-order valence-electron chi connectivity index (χ3n) is 5.02. The number of carbonyl (C=O) groups is 1. The molecule has 0 fully saturated rings. The average Bonchev–Trinajstić information content (AvgIpc) is 2.87. The molecule has 5 nitrogen and oxygen atoms in total. The van der Waals surface area contributed by atoms with Crippen LogP contribution < -0.4 is 0 Å². The Kier molecular flexibility index (Phi) is 9.34. The number of aliphatic hydroxyl groups is 1. The molecule has 1 heterocycles. The first kappa shape index (κ1) is 20.9. The molecule has 0 radical (unpaired) electrons. The van der Waals surface area contributed by atoms with E-state index in [2.05, 4.69) is 11.9 Å². The van der Waals surface area contributed by atoms with E-state index in [9.17, 15) is 15.0 Å². The smallest absolute Gasteiger partial charge is 0.333 e. The molecule has 0 saturated carbocycles. The van der Waals surface area contributed by atoms with Gasteiger partial charge in [0.15, 0.2) is 5.54 Å². The normalized spacial score (nSPS) is 21.8. The second-order valence-corrected chi connectivity index (χ2v) is 7.19. The number of unbranched alkanes of at least 4 members (excludes halogenated alkanes) is 9. The molecule has 0 saturated heterocycles. The monoisotopic (exact) mass is 340 g/mol. The van der Waals surface area contributed by atoms with E-state index in [0.29, 0.717) is 12.3 Å². The lowest BCUT2D eigenvalue weighted by Gasteiger charge is -2.26. The summed E-state index contributed by atoms with van der Waals surface area (Å²) >= 11 is 0. The van der Waals surface area contributed by atoms with E-state index in [0.717, 1.165) is 12.8 Å². The number of rotatable bonds is 13. The maximum Gasteiger partial charge on any atom is 0.333 e.